The fourth-order valence-electron chi connectivity index (χ4n) is 2.49. The van der Waals surface area contributed by atoms with Crippen LogP contribution in [0.5, 0.6) is 0 Å². The Labute approximate surface area is 102 Å². The Bertz CT molecular complexity index is 254. The van der Waals surface area contributed by atoms with Crippen LogP contribution in [-0.2, 0) is 9.53 Å². The number of likely N-dealkylation sites (tertiary alicyclic amines) is 1. The van der Waals surface area contributed by atoms with Crippen molar-refractivity contribution in [1.29, 1.82) is 0 Å². The van der Waals surface area contributed by atoms with Gasteiger partial charge in [0.25, 0.3) is 0 Å². The van der Waals surface area contributed by atoms with Crippen LogP contribution in [0.4, 0.5) is 0 Å². The minimum Gasteiger partial charge on any atom is -0.392 e. The van der Waals surface area contributed by atoms with Crippen LogP contribution in [0.2, 0.25) is 0 Å². The molecule has 2 aliphatic heterocycles. The lowest BCUT2D eigenvalue weighted by Gasteiger charge is -2.30. The van der Waals surface area contributed by atoms with E-state index in [2.05, 4.69) is 5.32 Å². The van der Waals surface area contributed by atoms with Gasteiger partial charge in [-0.3, -0.25) is 9.69 Å². The molecule has 1 amide bonds. The predicted octanol–water partition coefficient (Wildman–Crippen LogP) is -0.262. The van der Waals surface area contributed by atoms with Crippen LogP contribution >= 0.6 is 0 Å². The molecule has 0 aliphatic carbocycles. The summed E-state index contributed by atoms with van der Waals surface area (Å²) < 4.78 is 5.25. The number of amides is 1. The number of piperidine rings is 1. The first-order valence-corrected chi connectivity index (χ1v) is 6.51. The lowest BCUT2D eigenvalue weighted by Crippen LogP contribution is -2.47. The summed E-state index contributed by atoms with van der Waals surface area (Å²) >= 11 is 0. The van der Waals surface area contributed by atoms with E-state index < -0.39 is 0 Å². The average Bonchev–Trinajstić information content (AvgIpc) is 2.30. The second kappa shape index (κ2) is 6.33. The largest absolute Gasteiger partial charge is 0.392 e. The maximum absolute atomic E-state index is 11.8. The molecule has 0 bridgehead atoms. The predicted molar refractivity (Wildman–Crippen MR) is 63.7 cm³/mol. The summed E-state index contributed by atoms with van der Waals surface area (Å²) in [6.45, 7) is 3.44. The quantitative estimate of drug-likeness (QED) is 0.716. The van der Waals surface area contributed by atoms with Gasteiger partial charge in [-0.1, -0.05) is 0 Å². The summed E-state index contributed by atoms with van der Waals surface area (Å²) in [6.07, 6.45) is 3.40. The van der Waals surface area contributed by atoms with Crippen molar-refractivity contribution in [2.24, 2.45) is 0 Å². The minimum absolute atomic E-state index is 0.0750. The number of ether oxygens (including phenoxy) is 1. The average molecular weight is 242 g/mol. The van der Waals surface area contributed by atoms with E-state index in [1.807, 2.05) is 4.90 Å². The van der Waals surface area contributed by atoms with Gasteiger partial charge in [-0.25, -0.2) is 0 Å². The van der Waals surface area contributed by atoms with E-state index in [-0.39, 0.29) is 18.1 Å². The van der Waals surface area contributed by atoms with Crippen molar-refractivity contribution in [3.05, 3.63) is 0 Å². The lowest BCUT2D eigenvalue weighted by molar-refractivity contribution is -0.124. The molecule has 2 rings (SSSR count). The highest BCUT2D eigenvalue weighted by Gasteiger charge is 2.21. The van der Waals surface area contributed by atoms with Crippen LogP contribution in [-0.4, -0.2) is 60.9 Å². The third-order valence-electron chi connectivity index (χ3n) is 3.43. The van der Waals surface area contributed by atoms with Crippen molar-refractivity contribution in [2.45, 2.75) is 37.8 Å². The zero-order valence-electron chi connectivity index (χ0n) is 10.2. The topological polar surface area (TPSA) is 61.8 Å². The number of aliphatic hydroxyl groups is 1. The zero-order valence-corrected chi connectivity index (χ0v) is 10.2. The van der Waals surface area contributed by atoms with Gasteiger partial charge in [0, 0.05) is 25.8 Å². The molecular weight excluding hydrogens is 220 g/mol. The van der Waals surface area contributed by atoms with Crippen LogP contribution in [0.15, 0.2) is 0 Å². The lowest BCUT2D eigenvalue weighted by atomic mass is 10.1. The SMILES string of the molecule is O=C(CN1CCCC(O)C1)NC1CCOCC1. The molecule has 0 saturated carbocycles. The van der Waals surface area contributed by atoms with Crippen LogP contribution in [0, 0.1) is 0 Å². The number of rotatable bonds is 3. The monoisotopic (exact) mass is 242 g/mol. The number of hydrogen-bond donors (Lipinski definition) is 2. The number of carbonyl (C=O) groups excluding carboxylic acids is 1. The molecule has 1 unspecified atom stereocenters. The minimum atomic E-state index is -0.264. The molecule has 2 saturated heterocycles. The van der Waals surface area contributed by atoms with Gasteiger partial charge >= 0.3 is 0 Å². The summed E-state index contributed by atoms with van der Waals surface area (Å²) in [6, 6.07) is 0.269. The third kappa shape index (κ3) is 4.26. The summed E-state index contributed by atoms with van der Waals surface area (Å²) in [5.41, 5.74) is 0. The number of nitrogens with zero attached hydrogens (tertiary/aromatic N) is 1. The van der Waals surface area contributed by atoms with Gasteiger partial charge in [-0.15, -0.1) is 0 Å². The molecular formula is C12H22N2O3. The standard InChI is InChI=1S/C12H22N2O3/c15-11-2-1-5-14(8-11)9-12(16)13-10-3-6-17-7-4-10/h10-11,15H,1-9H2,(H,13,16). The molecule has 17 heavy (non-hydrogen) atoms. The molecule has 0 radical (unpaired) electrons. The molecule has 0 aromatic heterocycles. The van der Waals surface area contributed by atoms with E-state index in [0.717, 1.165) is 45.4 Å². The van der Waals surface area contributed by atoms with Gasteiger partial charge in [-0.2, -0.15) is 0 Å². The van der Waals surface area contributed by atoms with Gasteiger partial charge in [0.15, 0.2) is 0 Å². The molecule has 98 valence electrons. The van der Waals surface area contributed by atoms with Crippen molar-refractivity contribution in [3.8, 4) is 0 Å². The molecule has 0 aromatic rings. The highest BCUT2D eigenvalue weighted by molar-refractivity contribution is 5.78. The number of β-amino-alcohol motifs (C(OH)–C–C–N with tert-alkyl or cyclic N) is 1. The van der Waals surface area contributed by atoms with Crippen molar-refractivity contribution < 1.29 is 14.6 Å². The third-order valence-corrected chi connectivity index (χ3v) is 3.43. The summed E-state index contributed by atoms with van der Waals surface area (Å²) in [7, 11) is 0. The number of carbonyl (C=O) groups is 1. The number of nitrogens with one attached hydrogen (secondary N) is 1. The Balaban J connectivity index is 1.68. The van der Waals surface area contributed by atoms with Crippen molar-refractivity contribution >= 4 is 5.91 Å². The maximum atomic E-state index is 11.8. The molecule has 2 aliphatic rings. The smallest absolute Gasteiger partial charge is 0.234 e. The first-order chi connectivity index (χ1) is 8.24. The highest BCUT2D eigenvalue weighted by atomic mass is 16.5. The molecule has 5 heteroatoms. The second-order valence-corrected chi connectivity index (χ2v) is 4.99. The van der Waals surface area contributed by atoms with Crippen LogP contribution in [0.25, 0.3) is 0 Å². The van der Waals surface area contributed by atoms with Crippen molar-refractivity contribution in [1.82, 2.24) is 10.2 Å². The summed E-state index contributed by atoms with van der Waals surface area (Å²) in [5, 5.41) is 12.6. The molecule has 2 fully saturated rings. The molecule has 0 spiro atoms. The zero-order chi connectivity index (χ0) is 12.1. The Morgan fingerprint density at radius 1 is 1.35 bits per heavy atom. The van der Waals surface area contributed by atoms with Crippen molar-refractivity contribution in [3.63, 3.8) is 0 Å². The van der Waals surface area contributed by atoms with Gasteiger partial charge in [0.2, 0.25) is 5.91 Å². The fraction of sp³-hybridized carbons (Fsp3) is 0.917. The Morgan fingerprint density at radius 2 is 2.12 bits per heavy atom. The normalized spacial score (nSPS) is 27.9. The second-order valence-electron chi connectivity index (χ2n) is 4.99. The van der Waals surface area contributed by atoms with Gasteiger partial charge in [0.1, 0.15) is 0 Å². The van der Waals surface area contributed by atoms with E-state index in [4.69, 9.17) is 4.74 Å². The summed E-state index contributed by atoms with van der Waals surface area (Å²) in [4.78, 5) is 13.8. The highest BCUT2D eigenvalue weighted by Crippen LogP contribution is 2.10. The number of hydrogen-bond acceptors (Lipinski definition) is 4. The Kier molecular flexibility index (Phi) is 4.76. The van der Waals surface area contributed by atoms with Crippen molar-refractivity contribution in [2.75, 3.05) is 32.8 Å². The molecule has 5 nitrogen and oxygen atoms in total. The van der Waals surface area contributed by atoms with E-state index in [0.29, 0.717) is 13.1 Å². The first-order valence-electron chi connectivity index (χ1n) is 6.51. The molecule has 2 N–H and O–H groups in total. The van der Waals surface area contributed by atoms with Gasteiger partial charge in [0.05, 0.1) is 12.6 Å². The molecule has 2 heterocycles. The van der Waals surface area contributed by atoms with E-state index in [1.165, 1.54) is 0 Å². The molecule has 0 aromatic carbocycles. The first kappa shape index (κ1) is 12.8. The molecule has 1 atom stereocenters. The van der Waals surface area contributed by atoms with E-state index >= 15 is 0 Å². The Morgan fingerprint density at radius 3 is 2.82 bits per heavy atom. The van der Waals surface area contributed by atoms with E-state index in [1.54, 1.807) is 0 Å². The van der Waals surface area contributed by atoms with E-state index in [9.17, 15) is 9.90 Å². The van der Waals surface area contributed by atoms with Crippen LogP contribution < -0.4 is 5.32 Å². The summed E-state index contributed by atoms with van der Waals surface area (Å²) in [5.74, 6) is 0.0750. The van der Waals surface area contributed by atoms with Gasteiger partial charge in [-0.05, 0) is 32.2 Å². The maximum Gasteiger partial charge on any atom is 0.234 e. The fourth-order valence-corrected chi connectivity index (χ4v) is 2.49. The Hall–Kier alpha value is -0.650. The van der Waals surface area contributed by atoms with Gasteiger partial charge < -0.3 is 15.2 Å². The van der Waals surface area contributed by atoms with Crippen LogP contribution in [0.1, 0.15) is 25.7 Å². The van der Waals surface area contributed by atoms with Crippen LogP contribution in [0.3, 0.4) is 0 Å². The number of aliphatic hydroxyl groups excluding tert-OH is 1.